The van der Waals surface area contributed by atoms with E-state index >= 15 is 0 Å². The van der Waals surface area contributed by atoms with Crippen molar-refractivity contribution in [3.05, 3.63) is 23.8 Å². The molecule has 1 fully saturated rings. The number of cyclic esters (lactones) is 1. The zero-order valence-corrected chi connectivity index (χ0v) is 8.88. The fourth-order valence-corrected chi connectivity index (χ4v) is 1.51. The number of carboxylic acids is 1. The lowest BCUT2D eigenvalue weighted by molar-refractivity contribution is -0.143. The van der Waals surface area contributed by atoms with E-state index in [1.165, 1.54) is 18.2 Å². The summed E-state index contributed by atoms with van der Waals surface area (Å²) in [6, 6.07) is 4.10. The summed E-state index contributed by atoms with van der Waals surface area (Å²) >= 11 is 0. The van der Waals surface area contributed by atoms with E-state index in [0.717, 1.165) is 0 Å². The maximum absolute atomic E-state index is 11.2. The van der Waals surface area contributed by atoms with E-state index in [1.807, 2.05) is 0 Å². The number of nitrogen functional groups attached to an aromatic ring is 1. The van der Waals surface area contributed by atoms with E-state index in [2.05, 4.69) is 0 Å². The maximum Gasteiger partial charge on any atom is 0.347 e. The monoisotopic (exact) mass is 237 g/mol. The van der Waals surface area contributed by atoms with Gasteiger partial charge < -0.3 is 20.3 Å². The number of rotatable bonds is 3. The molecule has 0 spiro atoms. The number of aromatic carboxylic acids is 1. The Morgan fingerprint density at radius 3 is 2.88 bits per heavy atom. The summed E-state index contributed by atoms with van der Waals surface area (Å²) in [5.74, 6) is -1.34. The molecule has 6 nitrogen and oxygen atoms in total. The van der Waals surface area contributed by atoms with Crippen LogP contribution in [0.4, 0.5) is 5.69 Å². The molecule has 90 valence electrons. The number of benzene rings is 1. The second-order valence-corrected chi connectivity index (χ2v) is 3.62. The molecule has 1 aromatic carbocycles. The van der Waals surface area contributed by atoms with Crippen molar-refractivity contribution in [3.8, 4) is 5.75 Å². The second kappa shape index (κ2) is 4.32. The van der Waals surface area contributed by atoms with Gasteiger partial charge in [-0.1, -0.05) is 0 Å². The van der Waals surface area contributed by atoms with Gasteiger partial charge in [0.25, 0.3) is 0 Å². The molecule has 0 aliphatic carbocycles. The number of nitrogens with two attached hydrogens (primary N) is 1. The van der Waals surface area contributed by atoms with Gasteiger partial charge in [-0.2, -0.15) is 0 Å². The Bertz CT molecular complexity index is 471. The molecule has 0 bridgehead atoms. The van der Waals surface area contributed by atoms with Gasteiger partial charge in [-0.15, -0.1) is 0 Å². The molecule has 1 atom stereocenters. The van der Waals surface area contributed by atoms with Crippen LogP contribution in [0.3, 0.4) is 0 Å². The molecule has 0 aromatic heterocycles. The summed E-state index contributed by atoms with van der Waals surface area (Å²) in [6.45, 7) is 0.308. The van der Waals surface area contributed by atoms with Gasteiger partial charge in [-0.3, -0.25) is 0 Å². The van der Waals surface area contributed by atoms with Crippen LogP contribution in [0.15, 0.2) is 18.2 Å². The molecule has 1 unspecified atom stereocenters. The zero-order chi connectivity index (χ0) is 12.4. The summed E-state index contributed by atoms with van der Waals surface area (Å²) in [7, 11) is 0. The number of ether oxygens (including phenoxy) is 2. The molecular formula is C11H11NO5. The van der Waals surface area contributed by atoms with Crippen LogP contribution in [0.2, 0.25) is 0 Å². The van der Waals surface area contributed by atoms with Crippen molar-refractivity contribution in [3.63, 3.8) is 0 Å². The quantitative estimate of drug-likeness (QED) is 0.592. The fraction of sp³-hybridized carbons (Fsp3) is 0.273. The lowest BCUT2D eigenvalue weighted by atomic mass is 10.2. The Morgan fingerprint density at radius 1 is 1.53 bits per heavy atom. The third kappa shape index (κ3) is 2.30. The van der Waals surface area contributed by atoms with Gasteiger partial charge in [0.05, 0.1) is 17.9 Å². The molecule has 1 saturated heterocycles. The minimum Gasteiger partial charge on any atom is -0.478 e. The average Bonchev–Trinajstić information content (AvgIpc) is 2.67. The predicted molar refractivity (Wildman–Crippen MR) is 57.8 cm³/mol. The van der Waals surface area contributed by atoms with Crippen LogP contribution < -0.4 is 10.5 Å². The Morgan fingerprint density at radius 2 is 2.29 bits per heavy atom. The first kappa shape index (κ1) is 11.3. The topological polar surface area (TPSA) is 98.9 Å². The third-order valence-electron chi connectivity index (χ3n) is 2.42. The summed E-state index contributed by atoms with van der Waals surface area (Å²) in [6.07, 6.45) is -0.267. The molecule has 1 aromatic rings. The second-order valence-electron chi connectivity index (χ2n) is 3.62. The number of hydrogen-bond donors (Lipinski definition) is 2. The molecule has 0 saturated carbocycles. The molecule has 0 amide bonds. The Labute approximate surface area is 96.9 Å². The fourth-order valence-electron chi connectivity index (χ4n) is 1.51. The van der Waals surface area contributed by atoms with Crippen molar-refractivity contribution < 1.29 is 24.2 Å². The maximum atomic E-state index is 11.2. The first-order valence-corrected chi connectivity index (χ1v) is 5.04. The summed E-state index contributed by atoms with van der Waals surface area (Å²) < 4.78 is 10.1. The van der Waals surface area contributed by atoms with Gasteiger partial charge >= 0.3 is 11.9 Å². The Balaban J connectivity index is 2.22. The minimum atomic E-state index is -1.08. The van der Waals surface area contributed by atoms with E-state index < -0.39 is 18.0 Å². The number of carbonyl (C=O) groups is 2. The highest BCUT2D eigenvalue weighted by molar-refractivity contribution is 5.89. The SMILES string of the molecule is Nc1ccc(C(=O)O)cc1OC1CCOC1=O. The normalized spacial score (nSPS) is 18.8. The molecule has 1 aliphatic heterocycles. The number of carbonyl (C=O) groups excluding carboxylic acids is 1. The van der Waals surface area contributed by atoms with Gasteiger partial charge in [0, 0.05) is 6.42 Å². The highest BCUT2D eigenvalue weighted by Crippen LogP contribution is 2.26. The molecule has 0 radical (unpaired) electrons. The standard InChI is InChI=1S/C11H11NO5/c12-7-2-1-6(10(13)14)5-9(7)17-8-3-4-16-11(8)15/h1-2,5,8H,3-4,12H2,(H,13,14). The number of esters is 1. The van der Waals surface area contributed by atoms with Gasteiger partial charge in [0.1, 0.15) is 5.75 Å². The lowest BCUT2D eigenvalue weighted by Crippen LogP contribution is -2.22. The number of anilines is 1. The van der Waals surface area contributed by atoms with E-state index in [4.69, 9.17) is 20.3 Å². The molecule has 6 heteroatoms. The van der Waals surface area contributed by atoms with Crippen LogP contribution in [-0.4, -0.2) is 29.8 Å². The van der Waals surface area contributed by atoms with E-state index in [1.54, 1.807) is 0 Å². The largest absolute Gasteiger partial charge is 0.478 e. The van der Waals surface area contributed by atoms with E-state index in [-0.39, 0.29) is 17.0 Å². The smallest absolute Gasteiger partial charge is 0.347 e. The van der Waals surface area contributed by atoms with Crippen LogP contribution in [0.1, 0.15) is 16.8 Å². The average molecular weight is 237 g/mol. The molecule has 1 heterocycles. The summed E-state index contributed by atoms with van der Waals surface area (Å²) in [5, 5.41) is 8.83. The summed E-state index contributed by atoms with van der Waals surface area (Å²) in [5.41, 5.74) is 5.99. The van der Waals surface area contributed by atoms with E-state index in [0.29, 0.717) is 13.0 Å². The van der Waals surface area contributed by atoms with Gasteiger partial charge in [-0.05, 0) is 18.2 Å². The van der Waals surface area contributed by atoms with Gasteiger partial charge in [0.15, 0.2) is 6.10 Å². The molecular weight excluding hydrogens is 226 g/mol. The van der Waals surface area contributed by atoms with Gasteiger partial charge in [-0.25, -0.2) is 9.59 Å². The van der Waals surface area contributed by atoms with Crippen LogP contribution in [0.5, 0.6) is 5.75 Å². The Hall–Kier alpha value is -2.24. The van der Waals surface area contributed by atoms with Crippen molar-refractivity contribution in [2.45, 2.75) is 12.5 Å². The minimum absolute atomic E-state index is 0.0561. The predicted octanol–water partition coefficient (Wildman–Crippen LogP) is 0.661. The lowest BCUT2D eigenvalue weighted by Gasteiger charge is -2.12. The van der Waals surface area contributed by atoms with Crippen molar-refractivity contribution in [1.29, 1.82) is 0 Å². The Kier molecular flexibility index (Phi) is 2.86. The van der Waals surface area contributed by atoms with Crippen LogP contribution in [-0.2, 0) is 9.53 Å². The molecule has 3 N–H and O–H groups in total. The van der Waals surface area contributed by atoms with Crippen LogP contribution >= 0.6 is 0 Å². The number of carboxylic acid groups (broad SMARTS) is 1. The van der Waals surface area contributed by atoms with Crippen molar-refractivity contribution >= 4 is 17.6 Å². The summed E-state index contributed by atoms with van der Waals surface area (Å²) in [4.78, 5) is 22.0. The zero-order valence-electron chi connectivity index (χ0n) is 8.88. The van der Waals surface area contributed by atoms with E-state index in [9.17, 15) is 9.59 Å². The van der Waals surface area contributed by atoms with Gasteiger partial charge in [0.2, 0.25) is 0 Å². The van der Waals surface area contributed by atoms with Crippen LogP contribution in [0, 0.1) is 0 Å². The molecule has 1 aliphatic rings. The third-order valence-corrected chi connectivity index (χ3v) is 2.42. The van der Waals surface area contributed by atoms with Crippen molar-refractivity contribution in [2.24, 2.45) is 0 Å². The van der Waals surface area contributed by atoms with Crippen molar-refractivity contribution in [1.82, 2.24) is 0 Å². The van der Waals surface area contributed by atoms with Crippen LogP contribution in [0.25, 0.3) is 0 Å². The highest BCUT2D eigenvalue weighted by Gasteiger charge is 2.29. The first-order valence-electron chi connectivity index (χ1n) is 5.04. The molecule has 17 heavy (non-hydrogen) atoms. The highest BCUT2D eigenvalue weighted by atomic mass is 16.6. The molecule has 2 rings (SSSR count). The first-order chi connectivity index (χ1) is 8.08. The van der Waals surface area contributed by atoms with Crippen molar-refractivity contribution in [2.75, 3.05) is 12.3 Å². The number of hydrogen-bond acceptors (Lipinski definition) is 5.